The van der Waals surface area contributed by atoms with Crippen LogP contribution in [0.1, 0.15) is 16.1 Å². The lowest BCUT2D eigenvalue weighted by atomic mass is 10.2. The van der Waals surface area contributed by atoms with E-state index in [2.05, 4.69) is 10.3 Å². The summed E-state index contributed by atoms with van der Waals surface area (Å²) in [4.78, 5) is 15.8. The number of carbonyl (C=O) groups is 1. The predicted octanol–water partition coefficient (Wildman–Crippen LogP) is 2.67. The number of hydrogen-bond donors (Lipinski definition) is 1. The second-order valence-electron chi connectivity index (χ2n) is 3.85. The summed E-state index contributed by atoms with van der Waals surface area (Å²) < 4.78 is 5.06. The zero-order valence-electron chi connectivity index (χ0n) is 10.4. The molecule has 0 unspecified atom stereocenters. The summed E-state index contributed by atoms with van der Waals surface area (Å²) in [6, 6.07) is 10.5. The molecule has 0 aliphatic heterocycles. The van der Waals surface area contributed by atoms with Crippen LogP contribution >= 0.6 is 11.6 Å². The van der Waals surface area contributed by atoms with Gasteiger partial charge >= 0.3 is 0 Å². The Bertz CT molecular complexity index is 573. The molecule has 1 aromatic heterocycles. The van der Waals surface area contributed by atoms with E-state index in [1.807, 2.05) is 6.07 Å². The van der Waals surface area contributed by atoms with Gasteiger partial charge in [-0.3, -0.25) is 9.78 Å². The number of pyridine rings is 1. The predicted molar refractivity (Wildman–Crippen MR) is 73.4 cm³/mol. The average Bonchev–Trinajstić information content (AvgIpc) is 2.46. The lowest BCUT2D eigenvalue weighted by Crippen LogP contribution is -2.23. The van der Waals surface area contributed by atoms with Gasteiger partial charge in [-0.1, -0.05) is 23.7 Å². The van der Waals surface area contributed by atoms with Gasteiger partial charge in [-0.25, -0.2) is 0 Å². The third kappa shape index (κ3) is 3.45. The van der Waals surface area contributed by atoms with E-state index in [0.29, 0.717) is 23.0 Å². The molecule has 98 valence electrons. The van der Waals surface area contributed by atoms with Crippen LogP contribution < -0.4 is 10.1 Å². The molecule has 0 aliphatic carbocycles. The van der Waals surface area contributed by atoms with Crippen LogP contribution in [0.4, 0.5) is 0 Å². The first-order chi connectivity index (χ1) is 9.20. The molecule has 2 rings (SSSR count). The van der Waals surface area contributed by atoms with Crippen LogP contribution in [0.2, 0.25) is 5.02 Å². The number of nitrogens with one attached hydrogen (secondary N) is 1. The minimum absolute atomic E-state index is 0.229. The van der Waals surface area contributed by atoms with E-state index in [-0.39, 0.29) is 5.91 Å². The molecule has 1 aromatic carbocycles. The average molecular weight is 277 g/mol. The van der Waals surface area contributed by atoms with Gasteiger partial charge in [0, 0.05) is 17.8 Å². The number of halogens is 1. The van der Waals surface area contributed by atoms with Crippen molar-refractivity contribution in [2.75, 3.05) is 7.11 Å². The maximum Gasteiger partial charge on any atom is 0.270 e. The van der Waals surface area contributed by atoms with Crippen molar-refractivity contribution in [3.8, 4) is 5.75 Å². The van der Waals surface area contributed by atoms with E-state index in [1.165, 1.54) is 0 Å². The number of rotatable bonds is 4. The van der Waals surface area contributed by atoms with E-state index >= 15 is 0 Å². The molecule has 5 heteroatoms. The largest absolute Gasteiger partial charge is 0.497 e. The highest BCUT2D eigenvalue weighted by Gasteiger charge is 2.07. The molecule has 1 heterocycles. The molecule has 19 heavy (non-hydrogen) atoms. The van der Waals surface area contributed by atoms with Crippen LogP contribution in [0.15, 0.2) is 42.6 Å². The highest BCUT2D eigenvalue weighted by Crippen LogP contribution is 2.22. The molecule has 1 N–H and O–H groups in total. The summed E-state index contributed by atoms with van der Waals surface area (Å²) >= 11 is 6.09. The standard InChI is InChI=1S/C14H13ClN2O2/c1-19-11-6-5-10(12(15)8-11)9-17-14(18)13-4-2-3-7-16-13/h2-8H,9H2,1H3,(H,17,18). The van der Waals surface area contributed by atoms with Gasteiger partial charge < -0.3 is 10.1 Å². The molecular weight excluding hydrogens is 264 g/mol. The highest BCUT2D eigenvalue weighted by atomic mass is 35.5. The molecule has 0 radical (unpaired) electrons. The number of hydrogen-bond acceptors (Lipinski definition) is 3. The Kier molecular flexibility index (Phi) is 4.36. The van der Waals surface area contributed by atoms with Gasteiger partial charge in [-0.2, -0.15) is 0 Å². The van der Waals surface area contributed by atoms with Crippen molar-refractivity contribution in [2.24, 2.45) is 0 Å². The second kappa shape index (κ2) is 6.20. The summed E-state index contributed by atoms with van der Waals surface area (Å²) in [5.74, 6) is 0.456. The Morgan fingerprint density at radius 1 is 1.37 bits per heavy atom. The fraction of sp³-hybridized carbons (Fsp3) is 0.143. The van der Waals surface area contributed by atoms with Crippen molar-refractivity contribution in [1.29, 1.82) is 0 Å². The fourth-order valence-electron chi connectivity index (χ4n) is 1.56. The smallest absolute Gasteiger partial charge is 0.270 e. The van der Waals surface area contributed by atoms with E-state index in [1.54, 1.807) is 43.6 Å². The van der Waals surface area contributed by atoms with Crippen molar-refractivity contribution in [3.63, 3.8) is 0 Å². The van der Waals surface area contributed by atoms with Gasteiger partial charge in [0.05, 0.1) is 7.11 Å². The van der Waals surface area contributed by atoms with E-state index < -0.39 is 0 Å². The van der Waals surface area contributed by atoms with E-state index in [9.17, 15) is 4.79 Å². The molecule has 0 atom stereocenters. The van der Waals surface area contributed by atoms with Crippen LogP contribution in [0.25, 0.3) is 0 Å². The van der Waals surface area contributed by atoms with Crippen molar-refractivity contribution in [3.05, 3.63) is 58.9 Å². The SMILES string of the molecule is COc1ccc(CNC(=O)c2ccccn2)c(Cl)c1. The van der Waals surface area contributed by atoms with Gasteiger partial charge in [0.25, 0.3) is 5.91 Å². The first-order valence-corrected chi connectivity index (χ1v) is 6.10. The number of methoxy groups -OCH3 is 1. The third-order valence-corrected chi connectivity index (χ3v) is 2.95. The summed E-state index contributed by atoms with van der Waals surface area (Å²) in [6.45, 7) is 0.345. The first kappa shape index (κ1) is 13.4. The van der Waals surface area contributed by atoms with Crippen LogP contribution in [0.5, 0.6) is 5.75 Å². The quantitative estimate of drug-likeness (QED) is 0.934. The Morgan fingerprint density at radius 2 is 2.21 bits per heavy atom. The van der Waals surface area contributed by atoms with E-state index in [0.717, 1.165) is 5.56 Å². The van der Waals surface area contributed by atoms with E-state index in [4.69, 9.17) is 16.3 Å². The van der Waals surface area contributed by atoms with Gasteiger partial charge in [0.15, 0.2) is 0 Å². The minimum atomic E-state index is -0.229. The topological polar surface area (TPSA) is 51.2 Å². The summed E-state index contributed by atoms with van der Waals surface area (Å²) in [7, 11) is 1.58. The Morgan fingerprint density at radius 3 is 2.84 bits per heavy atom. The monoisotopic (exact) mass is 276 g/mol. The molecule has 0 saturated heterocycles. The van der Waals surface area contributed by atoms with Gasteiger partial charge in [-0.05, 0) is 29.8 Å². The van der Waals surface area contributed by atoms with Crippen molar-refractivity contribution in [1.82, 2.24) is 10.3 Å². The summed E-state index contributed by atoms with van der Waals surface area (Å²) in [5, 5.41) is 3.32. The highest BCUT2D eigenvalue weighted by molar-refractivity contribution is 6.31. The third-order valence-electron chi connectivity index (χ3n) is 2.60. The number of aromatic nitrogens is 1. The Labute approximate surface area is 116 Å². The minimum Gasteiger partial charge on any atom is -0.497 e. The van der Waals surface area contributed by atoms with Gasteiger partial charge in [0.1, 0.15) is 11.4 Å². The number of nitrogens with zero attached hydrogens (tertiary/aromatic N) is 1. The van der Waals surface area contributed by atoms with Crippen molar-refractivity contribution >= 4 is 17.5 Å². The number of ether oxygens (including phenoxy) is 1. The molecule has 4 nitrogen and oxygen atoms in total. The van der Waals surface area contributed by atoms with Crippen LogP contribution in [-0.2, 0) is 6.54 Å². The number of carbonyl (C=O) groups excluding carboxylic acids is 1. The molecule has 1 amide bonds. The van der Waals surface area contributed by atoms with Crippen LogP contribution in [0, 0.1) is 0 Å². The number of benzene rings is 1. The molecule has 0 spiro atoms. The molecule has 0 saturated carbocycles. The zero-order chi connectivity index (χ0) is 13.7. The lowest BCUT2D eigenvalue weighted by molar-refractivity contribution is 0.0946. The maximum atomic E-state index is 11.8. The van der Waals surface area contributed by atoms with Crippen molar-refractivity contribution < 1.29 is 9.53 Å². The normalized spacial score (nSPS) is 10.0. The van der Waals surface area contributed by atoms with Crippen molar-refractivity contribution in [2.45, 2.75) is 6.54 Å². The van der Waals surface area contributed by atoms with Crippen LogP contribution in [-0.4, -0.2) is 18.0 Å². The molecule has 0 bridgehead atoms. The second-order valence-corrected chi connectivity index (χ2v) is 4.26. The molecular formula is C14H13ClN2O2. The molecule has 0 aliphatic rings. The summed E-state index contributed by atoms with van der Waals surface area (Å²) in [5.41, 5.74) is 1.21. The Balaban J connectivity index is 2.01. The summed E-state index contributed by atoms with van der Waals surface area (Å²) in [6.07, 6.45) is 1.58. The fourth-order valence-corrected chi connectivity index (χ4v) is 1.80. The van der Waals surface area contributed by atoms with Crippen LogP contribution in [0.3, 0.4) is 0 Å². The number of amides is 1. The lowest BCUT2D eigenvalue weighted by Gasteiger charge is -2.08. The van der Waals surface area contributed by atoms with Gasteiger partial charge in [0.2, 0.25) is 0 Å². The van der Waals surface area contributed by atoms with Gasteiger partial charge in [-0.15, -0.1) is 0 Å². The first-order valence-electron chi connectivity index (χ1n) is 5.72. The molecule has 0 fully saturated rings. The molecule has 2 aromatic rings. The Hall–Kier alpha value is -2.07. The maximum absolute atomic E-state index is 11.8. The zero-order valence-corrected chi connectivity index (χ0v) is 11.1.